The number of pyridine rings is 1. The Morgan fingerprint density at radius 2 is 0.780 bits per heavy atom. The highest BCUT2D eigenvalue weighted by molar-refractivity contribution is 5.85. The Labute approximate surface area is 344 Å². The summed E-state index contributed by atoms with van der Waals surface area (Å²) >= 11 is 0. The van der Waals surface area contributed by atoms with Crippen LogP contribution >= 0.6 is 0 Å². The molecule has 5 nitrogen and oxygen atoms in total. The van der Waals surface area contributed by atoms with Crippen LogP contribution in [-0.4, -0.2) is 19.9 Å². The Morgan fingerprint density at radius 1 is 0.373 bits per heavy atom. The molecule has 0 radical (unpaired) electrons. The van der Waals surface area contributed by atoms with Gasteiger partial charge in [0, 0.05) is 34.5 Å². The van der Waals surface area contributed by atoms with Crippen molar-refractivity contribution < 1.29 is 0 Å². The smallest absolute Gasteiger partial charge is 0.164 e. The quantitative estimate of drug-likeness (QED) is 0.162. The summed E-state index contributed by atoms with van der Waals surface area (Å²) in [6.45, 7) is 4.50. The highest BCUT2D eigenvalue weighted by atomic mass is 15.0. The lowest BCUT2D eigenvalue weighted by molar-refractivity contribution is 0.660. The van der Waals surface area contributed by atoms with E-state index < -0.39 is 0 Å². The summed E-state index contributed by atoms with van der Waals surface area (Å²) in [7, 11) is 0. The monoisotopic (exact) mass is 755 g/mol. The molecule has 0 aliphatic heterocycles. The zero-order valence-electron chi connectivity index (χ0n) is 32.6. The largest absolute Gasteiger partial charge is 0.265 e. The number of hydrogen-bond donors (Lipinski definition) is 0. The van der Waals surface area contributed by atoms with E-state index in [0.717, 1.165) is 61.2 Å². The molecule has 10 rings (SSSR count). The molecule has 1 aliphatic rings. The van der Waals surface area contributed by atoms with E-state index in [9.17, 15) is 5.26 Å². The van der Waals surface area contributed by atoms with Gasteiger partial charge in [-0.15, -0.1) is 0 Å². The molecule has 59 heavy (non-hydrogen) atoms. The van der Waals surface area contributed by atoms with Crippen molar-refractivity contribution >= 4 is 0 Å². The molecule has 7 aromatic carbocycles. The lowest BCUT2D eigenvalue weighted by Gasteiger charge is -2.22. The van der Waals surface area contributed by atoms with Crippen molar-refractivity contribution in [3.63, 3.8) is 0 Å². The van der Waals surface area contributed by atoms with Gasteiger partial charge in [0.25, 0.3) is 0 Å². The SMILES string of the molecule is CC1(C)c2cc(C#N)ccc2-c2ccc(-c3ccc(-c4cc(-c5ccncc5)cc(-c5nc(-c6ccccc6)nc(-c6ccc(-c7ccccc7)cc6)n5)c4)cc3)cc21. The van der Waals surface area contributed by atoms with Gasteiger partial charge in [-0.3, -0.25) is 4.98 Å². The molecule has 0 saturated heterocycles. The molecule has 0 unspecified atom stereocenters. The number of benzene rings is 7. The third-order valence-corrected chi connectivity index (χ3v) is 11.5. The Bertz CT molecular complexity index is 3040. The molecule has 0 bridgehead atoms. The van der Waals surface area contributed by atoms with Crippen LogP contribution in [0.4, 0.5) is 0 Å². The Morgan fingerprint density at radius 3 is 1.37 bits per heavy atom. The normalized spacial score (nSPS) is 12.4. The first-order valence-corrected chi connectivity index (χ1v) is 19.7. The van der Waals surface area contributed by atoms with Gasteiger partial charge in [-0.05, 0) is 115 Å². The Hall–Kier alpha value is -7.81. The van der Waals surface area contributed by atoms with Gasteiger partial charge >= 0.3 is 0 Å². The van der Waals surface area contributed by atoms with Crippen LogP contribution in [0.5, 0.6) is 0 Å². The lowest BCUT2D eigenvalue weighted by atomic mass is 9.81. The molecule has 2 heterocycles. The Kier molecular flexibility index (Phi) is 8.81. The van der Waals surface area contributed by atoms with E-state index in [1.54, 1.807) is 0 Å². The fourth-order valence-electron chi connectivity index (χ4n) is 8.27. The summed E-state index contributed by atoms with van der Waals surface area (Å²) < 4.78 is 0. The first kappa shape index (κ1) is 35.6. The topological polar surface area (TPSA) is 75.3 Å². The van der Waals surface area contributed by atoms with E-state index in [1.165, 1.54) is 22.3 Å². The van der Waals surface area contributed by atoms with E-state index in [4.69, 9.17) is 15.0 Å². The van der Waals surface area contributed by atoms with E-state index >= 15 is 0 Å². The van der Waals surface area contributed by atoms with Gasteiger partial charge in [0.05, 0.1) is 11.6 Å². The molecular formula is C54H37N5. The fraction of sp³-hybridized carbons (Fsp3) is 0.0556. The summed E-state index contributed by atoms with van der Waals surface area (Å²) in [5, 5.41) is 9.58. The minimum atomic E-state index is -0.210. The molecule has 0 amide bonds. The summed E-state index contributed by atoms with van der Waals surface area (Å²) in [5.74, 6) is 1.82. The molecule has 0 atom stereocenters. The second-order valence-electron chi connectivity index (χ2n) is 15.5. The first-order chi connectivity index (χ1) is 28.9. The molecule has 5 heteroatoms. The molecule has 9 aromatic rings. The second kappa shape index (κ2) is 14.6. The van der Waals surface area contributed by atoms with Gasteiger partial charge in [-0.25, -0.2) is 15.0 Å². The minimum absolute atomic E-state index is 0.210. The van der Waals surface area contributed by atoms with Crippen molar-refractivity contribution in [2.45, 2.75) is 19.3 Å². The van der Waals surface area contributed by atoms with Gasteiger partial charge < -0.3 is 0 Å². The van der Waals surface area contributed by atoms with Crippen molar-refractivity contribution in [1.82, 2.24) is 19.9 Å². The van der Waals surface area contributed by atoms with Crippen LogP contribution in [0.1, 0.15) is 30.5 Å². The number of nitrogens with zero attached hydrogens (tertiary/aromatic N) is 5. The first-order valence-electron chi connectivity index (χ1n) is 19.7. The van der Waals surface area contributed by atoms with Gasteiger partial charge in [-0.1, -0.05) is 141 Å². The summed E-state index contributed by atoms with van der Waals surface area (Å²) in [6.07, 6.45) is 3.64. The van der Waals surface area contributed by atoms with Crippen LogP contribution in [0.15, 0.2) is 188 Å². The number of hydrogen-bond acceptors (Lipinski definition) is 5. The van der Waals surface area contributed by atoms with E-state index in [1.807, 2.05) is 73.1 Å². The van der Waals surface area contributed by atoms with Crippen molar-refractivity contribution in [3.05, 3.63) is 205 Å². The maximum Gasteiger partial charge on any atom is 0.164 e. The van der Waals surface area contributed by atoms with Gasteiger partial charge in [0.15, 0.2) is 17.5 Å². The van der Waals surface area contributed by atoms with Crippen LogP contribution in [0, 0.1) is 11.3 Å². The van der Waals surface area contributed by atoms with Crippen molar-refractivity contribution in [3.8, 4) is 95.9 Å². The highest BCUT2D eigenvalue weighted by Gasteiger charge is 2.35. The third kappa shape index (κ3) is 6.67. The van der Waals surface area contributed by atoms with Gasteiger partial charge in [-0.2, -0.15) is 5.26 Å². The van der Waals surface area contributed by atoms with Crippen LogP contribution in [0.25, 0.3) is 89.8 Å². The minimum Gasteiger partial charge on any atom is -0.265 e. The molecular weight excluding hydrogens is 719 g/mol. The van der Waals surface area contributed by atoms with E-state index in [0.29, 0.717) is 23.0 Å². The van der Waals surface area contributed by atoms with Crippen LogP contribution < -0.4 is 0 Å². The third-order valence-electron chi connectivity index (χ3n) is 11.5. The van der Waals surface area contributed by atoms with Gasteiger partial charge in [0.1, 0.15) is 0 Å². The fourth-order valence-corrected chi connectivity index (χ4v) is 8.27. The summed E-state index contributed by atoms with van der Waals surface area (Å²) in [6, 6.07) is 63.4. The molecule has 0 saturated carbocycles. The van der Waals surface area contributed by atoms with Crippen LogP contribution in [0.3, 0.4) is 0 Å². The van der Waals surface area contributed by atoms with Crippen molar-refractivity contribution in [2.75, 3.05) is 0 Å². The summed E-state index contributed by atoms with van der Waals surface area (Å²) in [5.41, 5.74) is 16.9. The lowest BCUT2D eigenvalue weighted by Crippen LogP contribution is -2.15. The number of nitriles is 1. The summed E-state index contributed by atoms with van der Waals surface area (Å²) in [4.78, 5) is 19.5. The predicted molar refractivity (Wildman–Crippen MR) is 238 cm³/mol. The average Bonchev–Trinajstić information content (AvgIpc) is 3.54. The number of aromatic nitrogens is 4. The number of fused-ring (bicyclic) bond motifs is 3. The van der Waals surface area contributed by atoms with Crippen molar-refractivity contribution in [2.24, 2.45) is 0 Å². The maximum absolute atomic E-state index is 9.58. The average molecular weight is 756 g/mol. The zero-order chi connectivity index (χ0) is 39.9. The molecule has 0 fully saturated rings. The van der Waals surface area contributed by atoms with Gasteiger partial charge in [0.2, 0.25) is 0 Å². The molecule has 2 aromatic heterocycles. The van der Waals surface area contributed by atoms with Crippen molar-refractivity contribution in [1.29, 1.82) is 5.26 Å². The second-order valence-corrected chi connectivity index (χ2v) is 15.5. The van der Waals surface area contributed by atoms with Crippen LogP contribution in [-0.2, 0) is 5.41 Å². The van der Waals surface area contributed by atoms with E-state index in [-0.39, 0.29) is 5.41 Å². The zero-order valence-corrected chi connectivity index (χ0v) is 32.6. The molecule has 278 valence electrons. The van der Waals surface area contributed by atoms with E-state index in [2.05, 4.69) is 140 Å². The Balaban J connectivity index is 1.05. The molecule has 0 spiro atoms. The van der Waals surface area contributed by atoms with Crippen LogP contribution in [0.2, 0.25) is 0 Å². The number of rotatable bonds is 7. The predicted octanol–water partition coefficient (Wildman–Crippen LogP) is 13.1. The molecule has 1 aliphatic carbocycles. The highest BCUT2D eigenvalue weighted by Crippen LogP contribution is 2.50. The maximum atomic E-state index is 9.58. The standard InChI is InChI=1S/C54H37N5/c1-54(2)49-29-35(34-55)13-23-47(49)48-24-22-43(33-50(48)54)38-14-16-39(17-15-38)44-30-45(40-25-27-56-28-26-40)32-46(31-44)53-58-51(41-11-7-4-8-12-41)57-52(59-53)42-20-18-37(19-21-42)36-9-5-3-6-10-36/h3-33H,1-2H3. The molecule has 0 N–H and O–H groups in total.